The molecule has 42 heavy (non-hydrogen) atoms. The highest BCUT2D eigenvalue weighted by Crippen LogP contribution is 2.49. The molecule has 2 aliphatic rings. The number of rotatable bonds is 9. The number of hydrogen-bond donors (Lipinski definition) is 2. The summed E-state index contributed by atoms with van der Waals surface area (Å²) in [6.45, 7) is 1.10. The Bertz CT molecular complexity index is 1720. The van der Waals surface area contributed by atoms with Gasteiger partial charge in [0.05, 0.1) is 24.8 Å². The number of fused-ring (bicyclic) bond motifs is 2. The number of hydrogen-bond acceptors (Lipinski definition) is 5. The molecule has 1 saturated carbocycles. The second-order valence-corrected chi connectivity index (χ2v) is 11.5. The van der Waals surface area contributed by atoms with Gasteiger partial charge >= 0.3 is 5.97 Å². The number of nitrogens with zero attached hydrogens (tertiary/aromatic N) is 3. The number of carboxylic acids is 1. The Kier molecular flexibility index (Phi) is 7.18. The predicted octanol–water partition coefficient (Wildman–Crippen LogP) is 7.02. The van der Waals surface area contributed by atoms with E-state index in [0.717, 1.165) is 53.8 Å². The zero-order valence-electron chi connectivity index (χ0n) is 23.4. The number of anilines is 1. The van der Waals surface area contributed by atoms with Crippen molar-refractivity contribution in [2.75, 3.05) is 11.9 Å². The molecule has 0 bridgehead atoms. The Balaban J connectivity index is 1.16. The maximum Gasteiger partial charge on any atom is 0.335 e. The fraction of sp³-hybridized carbons (Fsp3) is 0.286. The summed E-state index contributed by atoms with van der Waals surface area (Å²) in [4.78, 5) is 16.8. The summed E-state index contributed by atoms with van der Waals surface area (Å²) < 4.78 is 8.26. The van der Waals surface area contributed by atoms with Crippen LogP contribution in [0.25, 0.3) is 5.52 Å². The fourth-order valence-corrected chi connectivity index (χ4v) is 7.10. The number of aryl methyl sites for hydroxylation is 1. The predicted molar refractivity (Wildman–Crippen MR) is 162 cm³/mol. The molecule has 1 fully saturated rings. The summed E-state index contributed by atoms with van der Waals surface area (Å²) >= 11 is 0. The average molecular weight is 559 g/mol. The van der Waals surface area contributed by atoms with Gasteiger partial charge in [0.25, 0.3) is 0 Å². The van der Waals surface area contributed by atoms with Crippen LogP contribution >= 0.6 is 0 Å². The van der Waals surface area contributed by atoms with Crippen LogP contribution in [0.5, 0.6) is 0 Å². The van der Waals surface area contributed by atoms with Gasteiger partial charge in [0.2, 0.25) is 0 Å². The molecule has 5 aromatic rings. The Morgan fingerprint density at radius 1 is 0.929 bits per heavy atom. The van der Waals surface area contributed by atoms with E-state index < -0.39 is 5.97 Å². The number of carbonyl (C=O) groups is 1. The lowest BCUT2D eigenvalue weighted by Crippen LogP contribution is -2.16. The van der Waals surface area contributed by atoms with Crippen molar-refractivity contribution in [2.24, 2.45) is 5.92 Å². The van der Waals surface area contributed by atoms with Crippen molar-refractivity contribution >= 4 is 17.3 Å². The lowest BCUT2D eigenvalue weighted by Gasteiger charge is -2.21. The number of benzene rings is 3. The summed E-state index contributed by atoms with van der Waals surface area (Å²) in [6.07, 6.45) is 5.46. The molecule has 7 rings (SSSR count). The van der Waals surface area contributed by atoms with Gasteiger partial charge < -0.3 is 15.2 Å². The van der Waals surface area contributed by atoms with Crippen LogP contribution in [0.15, 0.2) is 97.3 Å². The van der Waals surface area contributed by atoms with Gasteiger partial charge in [-0.25, -0.2) is 14.3 Å². The molecule has 4 atom stereocenters. The molecule has 0 aliphatic heterocycles. The van der Waals surface area contributed by atoms with Crippen molar-refractivity contribution in [3.05, 3.63) is 131 Å². The zero-order chi connectivity index (χ0) is 28.5. The van der Waals surface area contributed by atoms with Crippen molar-refractivity contribution in [3.8, 4) is 0 Å². The monoisotopic (exact) mass is 558 g/mol. The molecule has 0 spiro atoms. The van der Waals surface area contributed by atoms with Crippen LogP contribution in [0, 0.1) is 5.92 Å². The molecular weight excluding hydrogens is 524 g/mol. The van der Waals surface area contributed by atoms with E-state index in [1.54, 1.807) is 18.5 Å². The molecule has 2 heterocycles. The molecule has 2 aliphatic carbocycles. The summed E-state index contributed by atoms with van der Waals surface area (Å²) in [5.74, 6) is 0.409. The molecule has 7 nitrogen and oxygen atoms in total. The summed E-state index contributed by atoms with van der Waals surface area (Å²) in [5, 5.41) is 18.3. The third-order valence-corrected chi connectivity index (χ3v) is 9.07. The van der Waals surface area contributed by atoms with Crippen LogP contribution < -0.4 is 5.32 Å². The van der Waals surface area contributed by atoms with Crippen molar-refractivity contribution in [1.29, 1.82) is 0 Å². The molecule has 2 aromatic heterocycles. The van der Waals surface area contributed by atoms with Gasteiger partial charge in [-0.3, -0.25) is 0 Å². The van der Waals surface area contributed by atoms with Crippen molar-refractivity contribution in [1.82, 2.24) is 14.6 Å². The Morgan fingerprint density at radius 3 is 2.57 bits per heavy atom. The SMILES string of the molecule is O=C(O)c1ccccc1[C@H]1C[C@@H](c2ccc3c(N[C@H]4CCc5ccccc54)ncnn23)CC1COCc1ccccc1. The molecule has 212 valence electrons. The standard InChI is InChI=1S/C35H34N4O3/c40-35(41)29-13-7-6-12-28(29)30-19-25(18-26(30)21-42-20-23-8-2-1-3-9-23)32-16-17-33-34(36-22-37-39(32)33)38-31-15-14-24-10-4-5-11-27(24)31/h1-13,16-17,22,25-26,30-31H,14-15,18-21H2,(H,40,41)(H,36,37,38)/t25-,26?,30-,31-/m0/s1. The first-order valence-electron chi connectivity index (χ1n) is 14.8. The van der Waals surface area contributed by atoms with E-state index in [4.69, 9.17) is 4.74 Å². The second-order valence-electron chi connectivity index (χ2n) is 11.5. The number of aromatic nitrogens is 3. The molecule has 3 aromatic carbocycles. The van der Waals surface area contributed by atoms with E-state index in [-0.39, 0.29) is 23.8 Å². The molecule has 7 heteroatoms. The van der Waals surface area contributed by atoms with E-state index in [0.29, 0.717) is 18.8 Å². The van der Waals surface area contributed by atoms with Gasteiger partial charge in [-0.15, -0.1) is 0 Å². The topological polar surface area (TPSA) is 88.8 Å². The number of ether oxygens (including phenoxy) is 1. The summed E-state index contributed by atoms with van der Waals surface area (Å²) in [7, 11) is 0. The molecule has 0 saturated heterocycles. The van der Waals surface area contributed by atoms with Crippen molar-refractivity contribution in [2.45, 2.75) is 50.2 Å². The van der Waals surface area contributed by atoms with Crippen LogP contribution in [0.4, 0.5) is 5.82 Å². The summed E-state index contributed by atoms with van der Waals surface area (Å²) in [5.41, 5.74) is 7.23. The van der Waals surface area contributed by atoms with Gasteiger partial charge in [0, 0.05) is 11.6 Å². The fourth-order valence-electron chi connectivity index (χ4n) is 7.10. The minimum absolute atomic E-state index is 0.0676. The Hall–Kier alpha value is -4.49. The van der Waals surface area contributed by atoms with Gasteiger partial charge in [0.1, 0.15) is 11.8 Å². The lowest BCUT2D eigenvalue weighted by atomic mass is 9.86. The van der Waals surface area contributed by atoms with Crippen LogP contribution in [0.3, 0.4) is 0 Å². The molecule has 1 unspecified atom stereocenters. The van der Waals surface area contributed by atoms with Crippen molar-refractivity contribution < 1.29 is 14.6 Å². The highest BCUT2D eigenvalue weighted by atomic mass is 16.5. The minimum Gasteiger partial charge on any atom is -0.478 e. The van der Waals surface area contributed by atoms with Crippen molar-refractivity contribution in [3.63, 3.8) is 0 Å². The lowest BCUT2D eigenvalue weighted by molar-refractivity contribution is 0.0689. The number of nitrogens with one attached hydrogen (secondary N) is 1. The Labute approximate surface area is 245 Å². The number of carboxylic acid groups (broad SMARTS) is 1. The Morgan fingerprint density at radius 2 is 1.71 bits per heavy atom. The first kappa shape index (κ1) is 26.4. The maximum atomic E-state index is 12.2. The zero-order valence-corrected chi connectivity index (χ0v) is 23.4. The third-order valence-electron chi connectivity index (χ3n) is 9.07. The normalized spacial score (nSPS) is 21.4. The molecule has 2 N–H and O–H groups in total. The van der Waals surface area contributed by atoms with E-state index in [1.165, 1.54) is 11.1 Å². The summed E-state index contributed by atoms with van der Waals surface area (Å²) in [6, 6.07) is 30.7. The van der Waals surface area contributed by atoms with Crippen LogP contribution in [-0.2, 0) is 17.8 Å². The van der Waals surface area contributed by atoms with Gasteiger partial charge in [-0.1, -0.05) is 72.8 Å². The second kappa shape index (κ2) is 11.4. The van der Waals surface area contributed by atoms with E-state index >= 15 is 0 Å². The van der Waals surface area contributed by atoms with Gasteiger partial charge in [0.15, 0.2) is 5.82 Å². The van der Waals surface area contributed by atoms with E-state index in [2.05, 4.69) is 63.9 Å². The van der Waals surface area contributed by atoms with E-state index in [1.807, 2.05) is 34.8 Å². The number of aromatic carboxylic acids is 1. The van der Waals surface area contributed by atoms with Crippen LogP contribution in [0.2, 0.25) is 0 Å². The highest BCUT2D eigenvalue weighted by Gasteiger charge is 2.39. The average Bonchev–Trinajstić information content (AvgIpc) is 3.75. The van der Waals surface area contributed by atoms with Crippen LogP contribution in [-0.4, -0.2) is 32.3 Å². The quantitative estimate of drug-likeness (QED) is 0.202. The molecular formula is C35H34N4O3. The maximum absolute atomic E-state index is 12.2. The van der Waals surface area contributed by atoms with Gasteiger partial charge in [-0.2, -0.15) is 5.10 Å². The minimum atomic E-state index is -0.886. The largest absolute Gasteiger partial charge is 0.478 e. The smallest absolute Gasteiger partial charge is 0.335 e. The van der Waals surface area contributed by atoms with Crippen LogP contribution in [0.1, 0.15) is 75.4 Å². The highest BCUT2D eigenvalue weighted by molar-refractivity contribution is 5.89. The van der Waals surface area contributed by atoms with Gasteiger partial charge in [-0.05, 0) is 78.0 Å². The molecule has 0 radical (unpaired) electrons. The first-order chi connectivity index (χ1) is 20.7. The third kappa shape index (κ3) is 5.05. The van der Waals surface area contributed by atoms with E-state index in [9.17, 15) is 9.90 Å². The first-order valence-corrected chi connectivity index (χ1v) is 14.8. The molecule has 0 amide bonds.